The molecule has 190 valence electrons. The Balaban J connectivity index is 2.02. The summed E-state index contributed by atoms with van der Waals surface area (Å²) in [6, 6.07) is 14.3. The van der Waals surface area contributed by atoms with Crippen LogP contribution >= 0.6 is 0 Å². The van der Waals surface area contributed by atoms with Crippen LogP contribution in [0.2, 0.25) is 0 Å². The summed E-state index contributed by atoms with van der Waals surface area (Å²) in [7, 11) is 3.17. The minimum atomic E-state index is -0.527. The number of nitrogens with zero attached hydrogens (tertiary/aromatic N) is 2. The zero-order chi connectivity index (χ0) is 25.6. The molecule has 0 aromatic heterocycles. The maximum absolute atomic E-state index is 13.0. The van der Waals surface area contributed by atoms with Gasteiger partial charge in [0.05, 0.1) is 36.7 Å². The number of nitro benzene ring substituents is 1. The average Bonchev–Trinajstić information content (AvgIpc) is 2.88. The van der Waals surface area contributed by atoms with Gasteiger partial charge in [-0.05, 0) is 24.1 Å². The molecule has 0 saturated heterocycles. The van der Waals surface area contributed by atoms with Crippen molar-refractivity contribution in [2.24, 2.45) is 5.92 Å². The summed E-state index contributed by atoms with van der Waals surface area (Å²) in [5.41, 5.74) is 1.07. The normalized spacial score (nSPS) is 12.5. The molecule has 0 bridgehead atoms. The first-order valence-corrected chi connectivity index (χ1v) is 11.2. The molecule has 1 amide bonds. The highest BCUT2D eigenvalue weighted by Crippen LogP contribution is 2.18. The first-order chi connectivity index (χ1) is 16.8. The Morgan fingerprint density at radius 3 is 2.34 bits per heavy atom. The van der Waals surface area contributed by atoms with Gasteiger partial charge in [0.2, 0.25) is 0 Å². The number of hydrogen-bond acceptors (Lipinski definition) is 8. The van der Waals surface area contributed by atoms with Gasteiger partial charge in [0.15, 0.2) is 0 Å². The largest absolute Gasteiger partial charge is 0.461 e. The van der Waals surface area contributed by atoms with Crippen LogP contribution in [0.25, 0.3) is 0 Å². The molecule has 0 aliphatic rings. The third-order valence-corrected chi connectivity index (χ3v) is 5.35. The van der Waals surface area contributed by atoms with Gasteiger partial charge >= 0.3 is 5.97 Å². The predicted octanol–water partition coefficient (Wildman–Crippen LogP) is 3.44. The third kappa shape index (κ3) is 9.44. The van der Waals surface area contributed by atoms with Crippen LogP contribution in [0.3, 0.4) is 0 Å². The summed E-state index contributed by atoms with van der Waals surface area (Å²) in [6.45, 7) is 2.82. The number of esters is 1. The molecule has 2 aromatic rings. The molecule has 0 N–H and O–H groups in total. The number of carbonyl (C=O) groups excluding carboxylic acids is 2. The lowest BCUT2D eigenvalue weighted by Gasteiger charge is -2.30. The highest BCUT2D eigenvalue weighted by atomic mass is 16.7. The number of carbonyl (C=O) groups is 2. The van der Waals surface area contributed by atoms with Gasteiger partial charge in [0.1, 0.15) is 13.4 Å². The Morgan fingerprint density at radius 1 is 1.03 bits per heavy atom. The van der Waals surface area contributed by atoms with Gasteiger partial charge in [-0.2, -0.15) is 0 Å². The first-order valence-electron chi connectivity index (χ1n) is 11.2. The highest BCUT2D eigenvalue weighted by molar-refractivity contribution is 5.94. The lowest BCUT2D eigenvalue weighted by atomic mass is 10.0. The summed E-state index contributed by atoms with van der Waals surface area (Å²) >= 11 is 0. The van der Waals surface area contributed by atoms with Crippen molar-refractivity contribution in [1.29, 1.82) is 0 Å². The number of ether oxygens (including phenoxy) is 4. The molecule has 0 spiro atoms. The van der Waals surface area contributed by atoms with Crippen LogP contribution in [-0.2, 0) is 30.3 Å². The zero-order valence-corrected chi connectivity index (χ0v) is 20.3. The fourth-order valence-corrected chi connectivity index (χ4v) is 3.25. The Labute approximate surface area is 204 Å². The number of benzene rings is 2. The molecule has 0 radical (unpaired) electrons. The number of methoxy groups -OCH3 is 1. The van der Waals surface area contributed by atoms with E-state index in [1.807, 2.05) is 30.3 Å². The van der Waals surface area contributed by atoms with Gasteiger partial charge in [0, 0.05) is 31.9 Å². The SMILES string of the molecule is COCCOCOCC(CC(C)C(=O)OCc1ccccc1)N(C)C(=O)c1ccc([N+](=O)[O-])cc1. The fraction of sp³-hybridized carbons (Fsp3) is 0.440. The number of rotatable bonds is 15. The maximum Gasteiger partial charge on any atom is 0.309 e. The summed E-state index contributed by atoms with van der Waals surface area (Å²) in [4.78, 5) is 37.5. The molecule has 0 fully saturated rings. The van der Waals surface area contributed by atoms with E-state index >= 15 is 0 Å². The fourth-order valence-electron chi connectivity index (χ4n) is 3.25. The van der Waals surface area contributed by atoms with E-state index in [2.05, 4.69) is 0 Å². The van der Waals surface area contributed by atoms with Crippen LogP contribution in [0.4, 0.5) is 5.69 Å². The maximum atomic E-state index is 13.0. The van der Waals surface area contributed by atoms with Crippen LogP contribution < -0.4 is 0 Å². The topological polar surface area (TPSA) is 117 Å². The monoisotopic (exact) mass is 488 g/mol. The number of amides is 1. The highest BCUT2D eigenvalue weighted by Gasteiger charge is 2.27. The number of likely N-dealkylation sites (N-methyl/N-ethyl adjacent to an activating group) is 1. The molecule has 0 aliphatic carbocycles. The Bertz CT molecular complexity index is 936. The molecule has 35 heavy (non-hydrogen) atoms. The number of hydrogen-bond donors (Lipinski definition) is 0. The van der Waals surface area contributed by atoms with E-state index in [9.17, 15) is 19.7 Å². The molecule has 10 heteroatoms. The molecule has 0 heterocycles. The Morgan fingerprint density at radius 2 is 1.71 bits per heavy atom. The van der Waals surface area contributed by atoms with Crippen LogP contribution in [0.5, 0.6) is 0 Å². The quantitative estimate of drug-likeness (QED) is 0.123. The first kappa shape index (κ1) is 27.9. The van der Waals surface area contributed by atoms with Crippen molar-refractivity contribution < 1.29 is 33.5 Å². The molecular weight excluding hydrogens is 456 g/mol. The van der Waals surface area contributed by atoms with Crippen LogP contribution in [0, 0.1) is 16.0 Å². The molecule has 2 unspecified atom stereocenters. The van der Waals surface area contributed by atoms with Gasteiger partial charge < -0.3 is 23.8 Å². The molecule has 0 aliphatic heterocycles. The standard InChI is InChI=1S/C25H32N2O8/c1-19(25(29)35-16-20-7-5-4-6-8-20)15-23(17-34-18-33-14-13-32-3)26(2)24(28)21-9-11-22(12-10-21)27(30)31/h4-12,19,23H,13-18H2,1-3H3. The molecule has 2 rings (SSSR count). The van der Waals surface area contributed by atoms with Gasteiger partial charge in [0.25, 0.3) is 11.6 Å². The molecule has 10 nitrogen and oxygen atoms in total. The van der Waals surface area contributed by atoms with Crippen LogP contribution in [0.15, 0.2) is 54.6 Å². The predicted molar refractivity (Wildman–Crippen MR) is 128 cm³/mol. The van der Waals surface area contributed by atoms with E-state index in [1.54, 1.807) is 21.1 Å². The Kier molecular flexibility index (Phi) is 11.8. The van der Waals surface area contributed by atoms with Gasteiger partial charge in [-0.25, -0.2) is 0 Å². The van der Waals surface area contributed by atoms with E-state index in [4.69, 9.17) is 18.9 Å². The van der Waals surface area contributed by atoms with Gasteiger partial charge in [-0.3, -0.25) is 19.7 Å². The van der Waals surface area contributed by atoms with Crippen molar-refractivity contribution in [1.82, 2.24) is 4.90 Å². The summed E-state index contributed by atoms with van der Waals surface area (Å²) in [5, 5.41) is 10.9. The van der Waals surface area contributed by atoms with E-state index in [0.29, 0.717) is 25.2 Å². The summed E-state index contributed by atoms with van der Waals surface area (Å²) in [5.74, 6) is -1.24. The molecule has 0 saturated carbocycles. The molecule has 2 aromatic carbocycles. The molecular formula is C25H32N2O8. The molecule has 2 atom stereocenters. The number of non-ortho nitro benzene ring substituents is 1. The number of nitro groups is 1. The van der Waals surface area contributed by atoms with Crippen molar-refractivity contribution in [3.8, 4) is 0 Å². The average molecular weight is 489 g/mol. The second-order valence-corrected chi connectivity index (χ2v) is 7.99. The lowest BCUT2D eigenvalue weighted by Crippen LogP contribution is -2.42. The second-order valence-electron chi connectivity index (χ2n) is 7.99. The second kappa shape index (κ2) is 14.8. The van der Waals surface area contributed by atoms with Crippen molar-refractivity contribution in [3.05, 3.63) is 75.8 Å². The van der Waals surface area contributed by atoms with Gasteiger partial charge in [-0.15, -0.1) is 0 Å². The lowest BCUT2D eigenvalue weighted by molar-refractivity contribution is -0.384. The van der Waals surface area contributed by atoms with E-state index < -0.39 is 16.9 Å². The van der Waals surface area contributed by atoms with Crippen LogP contribution in [0.1, 0.15) is 29.3 Å². The Hall–Kier alpha value is -3.34. The minimum Gasteiger partial charge on any atom is -0.461 e. The zero-order valence-electron chi connectivity index (χ0n) is 20.3. The summed E-state index contributed by atoms with van der Waals surface area (Å²) in [6.07, 6.45) is 0.293. The van der Waals surface area contributed by atoms with Crippen molar-refractivity contribution >= 4 is 17.6 Å². The third-order valence-electron chi connectivity index (χ3n) is 5.35. The van der Waals surface area contributed by atoms with E-state index in [1.165, 1.54) is 29.2 Å². The minimum absolute atomic E-state index is 0.00621. The summed E-state index contributed by atoms with van der Waals surface area (Å²) < 4.78 is 21.3. The van der Waals surface area contributed by atoms with E-state index in [0.717, 1.165) is 5.56 Å². The van der Waals surface area contributed by atoms with Crippen molar-refractivity contribution in [2.75, 3.05) is 40.8 Å². The van der Waals surface area contributed by atoms with Crippen molar-refractivity contribution in [2.45, 2.75) is 26.0 Å². The van der Waals surface area contributed by atoms with E-state index in [-0.39, 0.29) is 37.6 Å². The van der Waals surface area contributed by atoms with Gasteiger partial charge in [-0.1, -0.05) is 37.3 Å². The smallest absolute Gasteiger partial charge is 0.309 e. The van der Waals surface area contributed by atoms with Crippen molar-refractivity contribution in [3.63, 3.8) is 0 Å². The van der Waals surface area contributed by atoms with Crippen LogP contribution in [-0.4, -0.2) is 68.5 Å².